The van der Waals surface area contributed by atoms with Crippen molar-refractivity contribution in [2.75, 3.05) is 9.80 Å². The Hall–Kier alpha value is -7.36. The van der Waals surface area contributed by atoms with Crippen LogP contribution in [0.25, 0.3) is 0 Å². The van der Waals surface area contributed by atoms with Gasteiger partial charge in [-0.25, -0.2) is 0 Å². The summed E-state index contributed by atoms with van der Waals surface area (Å²) in [5, 5.41) is 0. The van der Waals surface area contributed by atoms with Crippen LogP contribution in [0.4, 0.5) is 34.1 Å². The first kappa shape index (κ1) is 51.7. The van der Waals surface area contributed by atoms with Crippen LogP contribution in [0.2, 0.25) is 0 Å². The van der Waals surface area contributed by atoms with Gasteiger partial charge in [0.2, 0.25) is 0 Å². The fourth-order valence-electron chi connectivity index (χ4n) is 12.7. The highest BCUT2D eigenvalue weighted by Gasteiger charge is 2.45. The minimum Gasteiger partial charge on any atom is -0.311 e. The third kappa shape index (κ3) is 10.2. The van der Waals surface area contributed by atoms with Crippen LogP contribution in [0, 0.1) is 0 Å². The molecule has 0 saturated carbocycles. The van der Waals surface area contributed by atoms with E-state index in [0.29, 0.717) is 0 Å². The molecule has 0 bridgehead atoms. The molecule has 0 spiro atoms. The number of anilines is 6. The molecule has 9 aromatic carbocycles. The molecule has 9 aromatic rings. The van der Waals surface area contributed by atoms with E-state index < -0.39 is 0 Å². The minimum atomic E-state index is -0.119. The van der Waals surface area contributed by atoms with E-state index in [1.54, 1.807) is 0 Å². The number of rotatable bonds is 10. The molecule has 0 fully saturated rings. The molecule has 2 nitrogen and oxygen atoms in total. The summed E-state index contributed by atoms with van der Waals surface area (Å²) in [7, 11) is 0. The molecule has 77 heavy (non-hydrogen) atoms. The van der Waals surface area contributed by atoms with Crippen molar-refractivity contribution in [1.82, 2.24) is 0 Å². The van der Waals surface area contributed by atoms with Crippen molar-refractivity contribution in [3.63, 3.8) is 0 Å². The smallest absolute Gasteiger partial charge is 0.252 e. The number of benzene rings is 9. The van der Waals surface area contributed by atoms with Gasteiger partial charge < -0.3 is 9.80 Å². The van der Waals surface area contributed by atoms with E-state index in [-0.39, 0.29) is 28.4 Å². The molecular weight excluding hydrogens is 928 g/mol. The Balaban J connectivity index is 1.22. The van der Waals surface area contributed by atoms with Gasteiger partial charge in [-0.1, -0.05) is 235 Å². The molecule has 2 aliphatic heterocycles. The highest BCUT2D eigenvalue weighted by atomic mass is 15.2. The van der Waals surface area contributed by atoms with Gasteiger partial charge in [0.05, 0.1) is 0 Å². The molecule has 2 aliphatic rings. The monoisotopic (exact) mass is 1000 g/mol. The second-order valence-electron chi connectivity index (χ2n) is 26.3. The molecule has 0 saturated heterocycles. The second-order valence-corrected chi connectivity index (χ2v) is 26.3. The van der Waals surface area contributed by atoms with Gasteiger partial charge >= 0.3 is 0 Å². The van der Waals surface area contributed by atoms with E-state index in [1.807, 2.05) is 0 Å². The summed E-state index contributed by atoms with van der Waals surface area (Å²) in [5.74, 6) is 0. The summed E-state index contributed by atoms with van der Waals surface area (Å²) in [4.78, 5) is 5.30. The number of hydrogen-bond donors (Lipinski definition) is 0. The zero-order valence-electron chi connectivity index (χ0n) is 47.9. The summed E-state index contributed by atoms with van der Waals surface area (Å²) in [6.07, 6.45) is 3.49. The largest absolute Gasteiger partial charge is 0.311 e. The Morgan fingerprint density at radius 2 is 0.584 bits per heavy atom. The lowest BCUT2D eigenvalue weighted by Crippen LogP contribution is -2.61. The molecule has 0 unspecified atom stereocenters. The van der Waals surface area contributed by atoms with Gasteiger partial charge in [-0.2, -0.15) is 0 Å². The van der Waals surface area contributed by atoms with Crippen molar-refractivity contribution >= 4 is 57.2 Å². The molecule has 2 heterocycles. The van der Waals surface area contributed by atoms with Crippen molar-refractivity contribution in [2.24, 2.45) is 0 Å². The SMILES string of the molecule is CC(C)(C)c1cc(N2c3cc(C(C)(C)C)c(Cc4ccccc4)cc3B3c4cc(Cc5ccccc5)c(C(C)(C)C)cc4N(c4ccc(Cc5ccccc5)c(C(C)(C)C)c4)c4cccc2c43)ccc1Cc1ccccc1. The summed E-state index contributed by atoms with van der Waals surface area (Å²) in [6, 6.07) is 76.5. The Morgan fingerprint density at radius 1 is 0.286 bits per heavy atom. The minimum absolute atomic E-state index is 0.0373. The molecule has 0 N–H and O–H groups in total. The van der Waals surface area contributed by atoms with E-state index in [1.165, 1.54) is 117 Å². The average molecular weight is 1010 g/mol. The van der Waals surface area contributed by atoms with Crippen LogP contribution in [-0.2, 0) is 47.3 Å². The molecule has 0 radical (unpaired) electrons. The van der Waals surface area contributed by atoms with Gasteiger partial charge in [0.25, 0.3) is 6.71 Å². The van der Waals surface area contributed by atoms with Crippen molar-refractivity contribution < 1.29 is 0 Å². The molecule has 11 rings (SSSR count). The van der Waals surface area contributed by atoms with Gasteiger partial charge in [-0.05, 0) is 179 Å². The van der Waals surface area contributed by atoms with E-state index in [9.17, 15) is 0 Å². The number of hydrogen-bond acceptors (Lipinski definition) is 2. The predicted octanol–water partition coefficient (Wildman–Crippen LogP) is 17.3. The van der Waals surface area contributed by atoms with Crippen LogP contribution in [0.5, 0.6) is 0 Å². The fraction of sp³-hybridized carbons (Fsp3) is 0.270. The molecule has 0 atom stereocenters. The van der Waals surface area contributed by atoms with Gasteiger partial charge in [0, 0.05) is 34.1 Å². The van der Waals surface area contributed by atoms with E-state index in [4.69, 9.17) is 0 Å². The molecule has 0 amide bonds. The zero-order valence-corrected chi connectivity index (χ0v) is 47.9. The number of nitrogens with zero attached hydrogens (tertiary/aromatic N) is 2. The Labute approximate surface area is 462 Å². The van der Waals surface area contributed by atoms with Crippen molar-refractivity contribution in [1.29, 1.82) is 0 Å². The second kappa shape index (κ2) is 19.9. The van der Waals surface area contributed by atoms with Crippen LogP contribution in [0.15, 0.2) is 200 Å². The predicted molar refractivity (Wildman–Crippen MR) is 332 cm³/mol. The maximum absolute atomic E-state index is 2.65. The first-order chi connectivity index (χ1) is 36.7. The lowest BCUT2D eigenvalue weighted by atomic mass is 9.33. The standard InChI is InChI=1S/C74H77BN2/c1-71(2,3)60-46-58(38-36-54(60)40-50-26-17-13-18-27-50)76-66-34-25-35-67-70(66)75(64-44-56(42-52-30-21-15-22-31-52)62(48-68(64)76)73(7,8)9)65-45-57(43-53-32-23-16-24-33-53)63(74(10,11)12)49-69(65)77(67)59-39-37-55(61(47-59)72(4,5)6)41-51-28-19-14-20-29-51/h13-39,44-49H,40-43H2,1-12H3. The Kier molecular flexibility index (Phi) is 13.4. The lowest BCUT2D eigenvalue weighted by molar-refractivity contribution is 0.583. The lowest BCUT2D eigenvalue weighted by Gasteiger charge is -2.46. The van der Waals surface area contributed by atoms with Crippen LogP contribution in [0.3, 0.4) is 0 Å². The zero-order chi connectivity index (χ0) is 54.0. The third-order valence-corrected chi connectivity index (χ3v) is 16.3. The normalized spacial score (nSPS) is 13.3. The van der Waals surface area contributed by atoms with Gasteiger partial charge in [0.15, 0.2) is 0 Å². The first-order valence-corrected chi connectivity index (χ1v) is 28.2. The van der Waals surface area contributed by atoms with Crippen LogP contribution < -0.4 is 26.2 Å². The quantitative estimate of drug-likeness (QED) is 0.126. The Bertz CT molecular complexity index is 3370. The Morgan fingerprint density at radius 3 is 0.896 bits per heavy atom. The van der Waals surface area contributed by atoms with Gasteiger partial charge in [0.1, 0.15) is 0 Å². The van der Waals surface area contributed by atoms with E-state index >= 15 is 0 Å². The summed E-state index contributed by atoms with van der Waals surface area (Å²) in [6.45, 7) is 28.6. The van der Waals surface area contributed by atoms with E-state index in [2.05, 4.69) is 293 Å². The molecule has 0 aromatic heterocycles. The van der Waals surface area contributed by atoms with Gasteiger partial charge in [-0.3, -0.25) is 0 Å². The maximum atomic E-state index is 2.65. The van der Waals surface area contributed by atoms with Crippen LogP contribution in [0.1, 0.15) is 150 Å². The topological polar surface area (TPSA) is 6.48 Å². The summed E-state index contributed by atoms with van der Waals surface area (Å²) >= 11 is 0. The number of fused-ring (bicyclic) bond motifs is 4. The summed E-state index contributed by atoms with van der Waals surface area (Å²) in [5.41, 5.74) is 27.4. The summed E-state index contributed by atoms with van der Waals surface area (Å²) < 4.78 is 0. The van der Waals surface area contributed by atoms with Crippen molar-refractivity contribution in [2.45, 2.75) is 130 Å². The van der Waals surface area contributed by atoms with E-state index in [0.717, 1.165) is 25.7 Å². The molecule has 386 valence electrons. The highest BCUT2D eigenvalue weighted by Crippen LogP contribution is 2.48. The van der Waals surface area contributed by atoms with Crippen molar-refractivity contribution in [3.8, 4) is 0 Å². The van der Waals surface area contributed by atoms with Crippen molar-refractivity contribution in [3.05, 3.63) is 267 Å². The average Bonchev–Trinajstić information content (AvgIpc) is 3.59. The maximum Gasteiger partial charge on any atom is 0.252 e. The third-order valence-electron chi connectivity index (χ3n) is 16.3. The first-order valence-electron chi connectivity index (χ1n) is 28.2. The fourth-order valence-corrected chi connectivity index (χ4v) is 12.7. The molecule has 3 heteroatoms. The molecular formula is C74H77BN2. The molecule has 0 aliphatic carbocycles. The van der Waals surface area contributed by atoms with Crippen LogP contribution >= 0.6 is 0 Å². The van der Waals surface area contributed by atoms with Gasteiger partial charge in [-0.15, -0.1) is 0 Å². The van der Waals surface area contributed by atoms with Crippen LogP contribution in [-0.4, -0.2) is 6.71 Å². The highest BCUT2D eigenvalue weighted by molar-refractivity contribution is 7.00.